The Morgan fingerprint density at radius 2 is 2.04 bits per heavy atom. The molecule has 23 heavy (non-hydrogen) atoms. The molecule has 0 aliphatic heterocycles. The van der Waals surface area contributed by atoms with Gasteiger partial charge in [0.15, 0.2) is 0 Å². The monoisotopic (exact) mass is 332 g/mol. The number of carbonyl (C=O) groups excluding carboxylic acids is 2. The van der Waals surface area contributed by atoms with Crippen molar-refractivity contribution in [2.24, 2.45) is 4.36 Å². The second-order valence-electron chi connectivity index (χ2n) is 4.55. The fraction of sp³-hybridized carbons (Fsp3) is 0.133. The summed E-state index contributed by atoms with van der Waals surface area (Å²) in [6.07, 6.45) is 2.84. The molecule has 0 fully saturated rings. The van der Waals surface area contributed by atoms with Crippen LogP contribution in [-0.4, -0.2) is 34.7 Å². The molecule has 0 atom stereocenters. The minimum atomic E-state index is -1.94. The first-order valence-corrected chi connectivity index (χ1v) is 7.87. The van der Waals surface area contributed by atoms with Crippen LogP contribution in [0.25, 0.3) is 11.1 Å². The Labute approximate surface area is 134 Å². The molecule has 7 nitrogen and oxygen atoms in total. The van der Waals surface area contributed by atoms with E-state index in [2.05, 4.69) is 14.7 Å². The molecule has 0 unspecified atom stereocenters. The Hall–Kier alpha value is -2.74. The van der Waals surface area contributed by atoms with Crippen LogP contribution < -0.4 is 5.32 Å². The summed E-state index contributed by atoms with van der Waals surface area (Å²) in [6.45, 7) is 0. The quantitative estimate of drug-likeness (QED) is 0.825. The van der Waals surface area contributed by atoms with Gasteiger partial charge in [0.2, 0.25) is 5.91 Å². The van der Waals surface area contributed by atoms with Crippen molar-refractivity contribution in [2.75, 3.05) is 12.8 Å². The van der Waals surface area contributed by atoms with Gasteiger partial charge in [-0.1, -0.05) is 12.1 Å². The molecule has 2 aromatic rings. The van der Waals surface area contributed by atoms with Crippen molar-refractivity contribution < 1.29 is 18.9 Å². The summed E-state index contributed by atoms with van der Waals surface area (Å²) in [5.74, 6) is -1.47. The molecule has 0 spiro atoms. The number of phenols is 1. The number of aromatic nitrogens is 1. The molecule has 0 radical (unpaired) electrons. The fourth-order valence-electron chi connectivity index (χ4n) is 1.76. The zero-order valence-corrected chi connectivity index (χ0v) is 13.0. The number of hydrogen-bond acceptors (Lipinski definition) is 6. The van der Waals surface area contributed by atoms with Gasteiger partial charge in [-0.05, 0) is 29.5 Å². The number of nitrogens with zero attached hydrogens (tertiary/aromatic N) is 2. The Bertz CT molecular complexity index is 829. The lowest BCUT2D eigenvalue weighted by molar-refractivity contribution is -0.118. The van der Waals surface area contributed by atoms with E-state index in [1.54, 1.807) is 12.1 Å². The number of nitrogens with one attached hydrogen (secondary N) is 1. The van der Waals surface area contributed by atoms with E-state index in [1.807, 2.05) is 0 Å². The number of aromatic hydroxyl groups is 1. The summed E-state index contributed by atoms with van der Waals surface area (Å²) in [6, 6.07) is 8.02. The predicted octanol–water partition coefficient (Wildman–Crippen LogP) is 1.49. The van der Waals surface area contributed by atoms with Gasteiger partial charge in [-0.15, -0.1) is 0 Å². The van der Waals surface area contributed by atoms with Crippen molar-refractivity contribution in [1.29, 1.82) is 0 Å². The fourth-order valence-corrected chi connectivity index (χ4v) is 2.49. The molecule has 0 aliphatic rings. The normalized spacial score (nSPS) is 11.9. The van der Waals surface area contributed by atoms with Crippen LogP contribution in [0.2, 0.25) is 0 Å². The maximum absolute atomic E-state index is 12.0. The van der Waals surface area contributed by atoms with E-state index < -0.39 is 22.4 Å². The topological polar surface area (TPSA) is 109 Å². The Kier molecular flexibility index (Phi) is 5.42. The maximum atomic E-state index is 12.0. The second-order valence-corrected chi connectivity index (χ2v) is 5.66. The van der Waals surface area contributed by atoms with Gasteiger partial charge in [0.05, 0.1) is 5.56 Å². The van der Waals surface area contributed by atoms with Crippen molar-refractivity contribution in [3.63, 3.8) is 0 Å². The van der Waals surface area contributed by atoms with Gasteiger partial charge in [0.25, 0.3) is 5.91 Å². The van der Waals surface area contributed by atoms with Crippen LogP contribution in [0, 0.1) is 0 Å². The van der Waals surface area contributed by atoms with Gasteiger partial charge in [-0.3, -0.25) is 14.6 Å². The van der Waals surface area contributed by atoms with Gasteiger partial charge in [-0.2, -0.15) is 10.6 Å². The van der Waals surface area contributed by atoms with Crippen LogP contribution in [0.3, 0.4) is 0 Å². The highest BCUT2D eigenvalue weighted by molar-refractivity contribution is 7.76. The average Bonchev–Trinajstić information content (AvgIpc) is 2.54. The van der Waals surface area contributed by atoms with Crippen LogP contribution in [0.1, 0.15) is 10.4 Å². The molecular weight excluding hydrogens is 318 g/mol. The number of rotatable bonds is 4. The van der Waals surface area contributed by atoms with Crippen molar-refractivity contribution in [3.05, 3.63) is 48.3 Å². The zero-order chi connectivity index (χ0) is 16.8. The summed E-state index contributed by atoms with van der Waals surface area (Å²) < 4.78 is 15.1. The molecule has 2 N–H and O–H groups in total. The van der Waals surface area contributed by atoms with E-state index in [4.69, 9.17) is 0 Å². The van der Waals surface area contributed by atoms with E-state index in [0.717, 1.165) is 0 Å². The van der Waals surface area contributed by atoms with Gasteiger partial charge in [0.1, 0.15) is 5.75 Å². The summed E-state index contributed by atoms with van der Waals surface area (Å²) in [5.41, 5.74) is 1.44. The Morgan fingerprint density at radius 1 is 1.26 bits per heavy atom. The largest absolute Gasteiger partial charge is 0.508 e. The van der Waals surface area contributed by atoms with E-state index >= 15 is 0 Å². The summed E-state index contributed by atoms with van der Waals surface area (Å²) in [7, 11) is -0.533. The Balaban J connectivity index is 2.26. The van der Waals surface area contributed by atoms with E-state index in [9.17, 15) is 18.9 Å². The molecule has 0 saturated heterocycles. The maximum Gasteiger partial charge on any atom is 0.255 e. The first kappa shape index (κ1) is 16.6. The smallest absolute Gasteiger partial charge is 0.255 e. The van der Waals surface area contributed by atoms with E-state index in [0.29, 0.717) is 11.1 Å². The SMILES string of the molecule is CNC(=O)C[S-](=O)=NC(=O)c1cncc(-c2cccc(O)c2)c1. The van der Waals surface area contributed by atoms with Crippen LogP contribution in [0.15, 0.2) is 47.1 Å². The van der Waals surface area contributed by atoms with Gasteiger partial charge in [0, 0.05) is 25.0 Å². The summed E-state index contributed by atoms with van der Waals surface area (Å²) >= 11 is 0. The first-order chi connectivity index (χ1) is 11.0. The molecule has 0 aliphatic carbocycles. The lowest BCUT2D eigenvalue weighted by atomic mass is 10.1. The highest BCUT2D eigenvalue weighted by atomic mass is 32.2. The van der Waals surface area contributed by atoms with Gasteiger partial charge >= 0.3 is 0 Å². The minimum absolute atomic E-state index is 0.0931. The molecule has 1 aromatic carbocycles. The average molecular weight is 332 g/mol. The number of hydrogen-bond donors (Lipinski definition) is 2. The van der Waals surface area contributed by atoms with Crippen LogP contribution in [0.4, 0.5) is 0 Å². The van der Waals surface area contributed by atoms with Crippen molar-refractivity contribution in [3.8, 4) is 16.9 Å². The lowest BCUT2D eigenvalue weighted by Gasteiger charge is -2.05. The van der Waals surface area contributed by atoms with Crippen LogP contribution in [-0.2, 0) is 19.6 Å². The molecular formula is C15H14N3O4S-. The second kappa shape index (κ2) is 7.50. The number of benzene rings is 1. The van der Waals surface area contributed by atoms with E-state index in [-0.39, 0.29) is 17.1 Å². The molecule has 2 amide bonds. The molecule has 0 bridgehead atoms. The third kappa shape index (κ3) is 4.62. The third-order valence-corrected chi connectivity index (χ3v) is 3.76. The van der Waals surface area contributed by atoms with Gasteiger partial charge in [-0.25, -0.2) is 0 Å². The minimum Gasteiger partial charge on any atom is -0.508 e. The summed E-state index contributed by atoms with van der Waals surface area (Å²) in [5, 5.41) is 11.8. The molecule has 0 saturated carbocycles. The van der Waals surface area contributed by atoms with Crippen LogP contribution in [0.5, 0.6) is 5.75 Å². The lowest BCUT2D eigenvalue weighted by Crippen LogP contribution is -2.22. The summed E-state index contributed by atoms with van der Waals surface area (Å²) in [4.78, 5) is 27.0. The third-order valence-electron chi connectivity index (χ3n) is 2.88. The van der Waals surface area contributed by atoms with Crippen LogP contribution >= 0.6 is 0 Å². The first-order valence-electron chi connectivity index (χ1n) is 6.59. The number of carbonyl (C=O) groups is 2. The molecule has 8 heteroatoms. The number of phenolic OH excluding ortho intramolecular Hbond substituents is 1. The van der Waals surface area contributed by atoms with E-state index in [1.165, 1.54) is 37.6 Å². The molecule has 1 heterocycles. The zero-order valence-electron chi connectivity index (χ0n) is 12.2. The van der Waals surface area contributed by atoms with Gasteiger partial charge < -0.3 is 19.0 Å². The standard InChI is InChI=1S/C15H14N3O4S/c1-16-14(20)9-23(22)18-15(21)12-5-11(7-17-8-12)10-3-2-4-13(19)6-10/h2-8,19H,9H2,1H3,(H,16,20)/q-1. The highest BCUT2D eigenvalue weighted by Gasteiger charge is 2.06. The predicted molar refractivity (Wildman–Crippen MR) is 85.1 cm³/mol. The highest BCUT2D eigenvalue weighted by Crippen LogP contribution is 2.23. The Morgan fingerprint density at radius 3 is 2.74 bits per heavy atom. The molecule has 1 aromatic heterocycles. The van der Waals surface area contributed by atoms with Crippen molar-refractivity contribution in [1.82, 2.24) is 10.3 Å². The van der Waals surface area contributed by atoms with Crippen molar-refractivity contribution in [2.45, 2.75) is 0 Å². The van der Waals surface area contributed by atoms with Crippen molar-refractivity contribution >= 4 is 22.4 Å². The number of amides is 2. The molecule has 2 rings (SSSR count). The number of pyridine rings is 1. The molecule has 120 valence electrons.